The van der Waals surface area contributed by atoms with Gasteiger partial charge in [0.05, 0.1) is 17.1 Å². The highest BCUT2D eigenvalue weighted by Gasteiger charge is 2.15. The fourth-order valence-electron chi connectivity index (χ4n) is 1.40. The van der Waals surface area contributed by atoms with Crippen molar-refractivity contribution in [3.63, 3.8) is 0 Å². The van der Waals surface area contributed by atoms with Crippen LogP contribution in [0.1, 0.15) is 18.9 Å². The van der Waals surface area contributed by atoms with E-state index in [0.717, 1.165) is 5.56 Å². The van der Waals surface area contributed by atoms with E-state index in [-0.39, 0.29) is 5.69 Å². The first kappa shape index (κ1) is 12.6. The molecule has 0 saturated carbocycles. The van der Waals surface area contributed by atoms with Crippen molar-refractivity contribution in [3.05, 3.63) is 39.9 Å². The van der Waals surface area contributed by atoms with Crippen LogP contribution in [0.3, 0.4) is 0 Å². The summed E-state index contributed by atoms with van der Waals surface area (Å²) in [5.41, 5.74) is 0.792. The van der Waals surface area contributed by atoms with Crippen LogP contribution in [0.5, 0.6) is 0 Å². The third-order valence-corrected chi connectivity index (χ3v) is 2.45. The van der Waals surface area contributed by atoms with Crippen LogP contribution >= 0.6 is 0 Å². The van der Waals surface area contributed by atoms with Crippen molar-refractivity contribution in [3.8, 4) is 0 Å². The average molecular weight is 225 g/mol. The number of hydrogen-bond donors (Lipinski definition) is 2. The number of benzene rings is 1. The maximum absolute atomic E-state index is 10.4. The van der Waals surface area contributed by atoms with E-state index in [4.69, 9.17) is 0 Å². The highest BCUT2D eigenvalue weighted by Crippen LogP contribution is 2.14. The summed E-state index contributed by atoms with van der Waals surface area (Å²) in [6.45, 7) is 1.78. The zero-order valence-corrected chi connectivity index (χ0v) is 9.04. The summed E-state index contributed by atoms with van der Waals surface area (Å²) in [6.07, 6.45) is -0.803. The van der Waals surface area contributed by atoms with Crippen LogP contribution < -0.4 is 0 Å². The van der Waals surface area contributed by atoms with Gasteiger partial charge in [-0.2, -0.15) is 0 Å². The van der Waals surface area contributed by atoms with Crippen LogP contribution in [0, 0.1) is 10.1 Å². The normalized spacial score (nSPS) is 14.4. The largest absolute Gasteiger partial charge is 0.390 e. The van der Waals surface area contributed by atoms with E-state index in [0.29, 0.717) is 12.8 Å². The van der Waals surface area contributed by atoms with Gasteiger partial charge in [-0.05, 0) is 12.0 Å². The van der Waals surface area contributed by atoms with Gasteiger partial charge < -0.3 is 10.2 Å². The van der Waals surface area contributed by atoms with Crippen molar-refractivity contribution in [1.29, 1.82) is 0 Å². The molecular weight excluding hydrogens is 210 g/mol. The van der Waals surface area contributed by atoms with E-state index < -0.39 is 17.1 Å². The van der Waals surface area contributed by atoms with Gasteiger partial charge in [0.25, 0.3) is 5.69 Å². The van der Waals surface area contributed by atoms with Gasteiger partial charge in [-0.1, -0.05) is 19.1 Å². The lowest BCUT2D eigenvalue weighted by atomic mass is 10.0. The van der Waals surface area contributed by atoms with Crippen LogP contribution in [-0.4, -0.2) is 27.3 Å². The van der Waals surface area contributed by atoms with E-state index in [2.05, 4.69) is 0 Å². The summed E-state index contributed by atoms with van der Waals surface area (Å²) in [6, 6.07) is 5.95. The number of nitrogens with zero attached hydrogens (tertiary/aromatic N) is 1. The quantitative estimate of drug-likeness (QED) is 0.583. The van der Waals surface area contributed by atoms with Crippen LogP contribution in [0.25, 0.3) is 0 Å². The average Bonchev–Trinajstić information content (AvgIpc) is 2.28. The smallest absolute Gasteiger partial charge is 0.269 e. The molecule has 0 spiro atoms. The Hall–Kier alpha value is -1.46. The topological polar surface area (TPSA) is 83.6 Å². The molecule has 2 unspecified atom stereocenters. The molecule has 0 fully saturated rings. The lowest BCUT2D eigenvalue weighted by Crippen LogP contribution is -2.27. The standard InChI is InChI=1S/C11H15NO4/c1-2-10(13)11(14)7-8-3-5-9(6-4-8)12(15)16/h3-6,10-11,13-14H,2,7H2,1H3. The molecule has 0 aromatic heterocycles. The summed E-state index contributed by atoms with van der Waals surface area (Å²) >= 11 is 0. The Balaban J connectivity index is 2.65. The zero-order chi connectivity index (χ0) is 12.1. The second-order valence-corrected chi connectivity index (χ2v) is 3.67. The molecule has 0 bridgehead atoms. The Kier molecular flexibility index (Phi) is 4.39. The van der Waals surface area contributed by atoms with Crippen LogP contribution in [0.15, 0.2) is 24.3 Å². The van der Waals surface area contributed by atoms with Gasteiger partial charge in [-0.15, -0.1) is 0 Å². The molecule has 2 N–H and O–H groups in total. The van der Waals surface area contributed by atoms with Crippen molar-refractivity contribution in [2.24, 2.45) is 0 Å². The highest BCUT2D eigenvalue weighted by atomic mass is 16.6. The van der Waals surface area contributed by atoms with Crippen molar-refractivity contribution < 1.29 is 15.1 Å². The predicted molar refractivity (Wildman–Crippen MR) is 59.1 cm³/mol. The van der Waals surface area contributed by atoms with Gasteiger partial charge >= 0.3 is 0 Å². The Labute approximate surface area is 93.5 Å². The van der Waals surface area contributed by atoms with E-state index in [1.54, 1.807) is 19.1 Å². The number of nitro groups is 1. The molecule has 5 nitrogen and oxygen atoms in total. The zero-order valence-electron chi connectivity index (χ0n) is 9.04. The number of rotatable bonds is 5. The second kappa shape index (κ2) is 5.58. The van der Waals surface area contributed by atoms with Crippen molar-refractivity contribution in [1.82, 2.24) is 0 Å². The first-order chi connectivity index (χ1) is 7.54. The van der Waals surface area contributed by atoms with Gasteiger partial charge in [0.15, 0.2) is 0 Å². The Morgan fingerprint density at radius 1 is 1.25 bits per heavy atom. The summed E-state index contributed by atoms with van der Waals surface area (Å²) in [5, 5.41) is 29.3. The van der Waals surface area contributed by atoms with Crippen molar-refractivity contribution in [2.45, 2.75) is 32.0 Å². The van der Waals surface area contributed by atoms with Crippen LogP contribution in [0.4, 0.5) is 5.69 Å². The minimum atomic E-state index is -0.827. The Morgan fingerprint density at radius 2 is 1.81 bits per heavy atom. The Morgan fingerprint density at radius 3 is 2.25 bits per heavy atom. The molecule has 0 aliphatic heterocycles. The molecule has 0 radical (unpaired) electrons. The van der Waals surface area contributed by atoms with E-state index in [9.17, 15) is 20.3 Å². The van der Waals surface area contributed by atoms with Gasteiger partial charge in [0.1, 0.15) is 0 Å². The fourth-order valence-corrected chi connectivity index (χ4v) is 1.40. The van der Waals surface area contributed by atoms with E-state index >= 15 is 0 Å². The molecule has 0 heterocycles. The summed E-state index contributed by atoms with van der Waals surface area (Å²) in [5.74, 6) is 0. The molecule has 2 atom stereocenters. The lowest BCUT2D eigenvalue weighted by molar-refractivity contribution is -0.384. The van der Waals surface area contributed by atoms with Crippen LogP contribution in [0.2, 0.25) is 0 Å². The monoisotopic (exact) mass is 225 g/mol. The van der Waals surface area contributed by atoms with Gasteiger partial charge in [0, 0.05) is 18.6 Å². The molecular formula is C11H15NO4. The van der Waals surface area contributed by atoms with Crippen LogP contribution in [-0.2, 0) is 6.42 Å². The number of nitro benzene ring substituents is 1. The number of non-ortho nitro benzene ring substituents is 1. The first-order valence-electron chi connectivity index (χ1n) is 5.14. The number of aliphatic hydroxyl groups is 2. The molecule has 1 aromatic carbocycles. The molecule has 1 aromatic rings. The Bertz CT molecular complexity index is 350. The first-order valence-corrected chi connectivity index (χ1v) is 5.14. The number of aliphatic hydroxyl groups excluding tert-OH is 2. The third-order valence-electron chi connectivity index (χ3n) is 2.45. The van der Waals surface area contributed by atoms with E-state index in [1.165, 1.54) is 12.1 Å². The van der Waals surface area contributed by atoms with Crippen molar-refractivity contribution >= 4 is 5.69 Å². The van der Waals surface area contributed by atoms with Gasteiger partial charge in [-0.25, -0.2) is 0 Å². The molecule has 0 aliphatic rings. The van der Waals surface area contributed by atoms with E-state index in [1.807, 2.05) is 0 Å². The second-order valence-electron chi connectivity index (χ2n) is 3.67. The highest BCUT2D eigenvalue weighted by molar-refractivity contribution is 5.33. The number of hydrogen-bond acceptors (Lipinski definition) is 4. The molecule has 5 heteroatoms. The minimum Gasteiger partial charge on any atom is -0.390 e. The van der Waals surface area contributed by atoms with Crippen molar-refractivity contribution in [2.75, 3.05) is 0 Å². The lowest BCUT2D eigenvalue weighted by Gasteiger charge is -2.15. The SMILES string of the molecule is CCC(O)C(O)Cc1ccc([N+](=O)[O-])cc1. The minimum absolute atomic E-state index is 0.0225. The fraction of sp³-hybridized carbons (Fsp3) is 0.455. The summed E-state index contributed by atoms with van der Waals surface area (Å²) < 4.78 is 0. The van der Waals surface area contributed by atoms with Gasteiger partial charge in [0.2, 0.25) is 0 Å². The maximum atomic E-state index is 10.4. The molecule has 0 amide bonds. The summed E-state index contributed by atoms with van der Waals surface area (Å²) in [4.78, 5) is 9.93. The van der Waals surface area contributed by atoms with Gasteiger partial charge in [-0.3, -0.25) is 10.1 Å². The molecule has 0 saturated heterocycles. The third kappa shape index (κ3) is 3.29. The predicted octanol–water partition coefficient (Wildman–Crippen LogP) is 1.27. The molecule has 1 rings (SSSR count). The maximum Gasteiger partial charge on any atom is 0.269 e. The summed E-state index contributed by atoms with van der Waals surface area (Å²) in [7, 11) is 0. The molecule has 88 valence electrons. The molecule has 16 heavy (non-hydrogen) atoms. The molecule has 0 aliphatic carbocycles.